The second-order valence-electron chi connectivity index (χ2n) is 6.46. The fourth-order valence-corrected chi connectivity index (χ4v) is 3.66. The molecule has 1 aromatic rings. The Labute approximate surface area is 138 Å². The minimum absolute atomic E-state index is 0.218. The summed E-state index contributed by atoms with van der Waals surface area (Å²) in [6.07, 6.45) is 6.43. The Morgan fingerprint density at radius 3 is 2.14 bits per heavy atom. The molecule has 3 heteroatoms. The van der Waals surface area contributed by atoms with Crippen LogP contribution < -0.4 is 0 Å². The Morgan fingerprint density at radius 2 is 1.71 bits per heavy atom. The van der Waals surface area contributed by atoms with Crippen LogP contribution in [-0.4, -0.2) is 18.0 Å². The minimum Gasteiger partial charge on any atom is -0.291 e. The second kappa shape index (κ2) is 6.56. The smallest absolute Gasteiger partial charge is 0.0599 e. The van der Waals surface area contributed by atoms with E-state index in [2.05, 4.69) is 43.9 Å². The highest BCUT2D eigenvalue weighted by molar-refractivity contribution is 6.34. The molecule has 1 aliphatic heterocycles. The highest BCUT2D eigenvalue weighted by atomic mass is 35.5. The summed E-state index contributed by atoms with van der Waals surface area (Å²) in [6.45, 7) is 10.9. The molecule has 1 saturated heterocycles. The van der Waals surface area contributed by atoms with E-state index in [1.165, 1.54) is 5.57 Å². The molecule has 0 unspecified atom stereocenters. The Balaban J connectivity index is 2.40. The molecule has 0 saturated carbocycles. The number of allylic oxidation sites excluding steroid dienone is 2. The number of rotatable bonds is 4. The molecule has 0 radical (unpaired) electrons. The first kappa shape index (κ1) is 16.6. The molecule has 114 valence electrons. The number of likely N-dealkylation sites (tertiary alicyclic amines) is 1. The zero-order valence-corrected chi connectivity index (χ0v) is 14.7. The van der Waals surface area contributed by atoms with Crippen LogP contribution in [0.25, 0.3) is 0 Å². The molecule has 1 heterocycles. The molecule has 1 aliphatic rings. The molecular weight excluding hydrogens is 301 g/mol. The van der Waals surface area contributed by atoms with Crippen molar-refractivity contribution in [2.24, 2.45) is 5.41 Å². The van der Waals surface area contributed by atoms with Gasteiger partial charge >= 0.3 is 0 Å². The zero-order valence-electron chi connectivity index (χ0n) is 13.2. The fraction of sp³-hybridized carbons (Fsp3) is 0.444. The van der Waals surface area contributed by atoms with Crippen LogP contribution in [0.4, 0.5) is 0 Å². The van der Waals surface area contributed by atoms with E-state index >= 15 is 0 Å². The van der Waals surface area contributed by atoms with Crippen LogP contribution in [-0.2, 0) is 0 Å². The molecule has 2 rings (SSSR count). The molecular formula is C18H23Cl2N. The van der Waals surface area contributed by atoms with E-state index in [-0.39, 0.29) is 6.04 Å². The van der Waals surface area contributed by atoms with Gasteiger partial charge in [0.2, 0.25) is 0 Å². The van der Waals surface area contributed by atoms with Crippen molar-refractivity contribution in [3.63, 3.8) is 0 Å². The van der Waals surface area contributed by atoms with E-state index in [0.717, 1.165) is 18.7 Å². The molecule has 21 heavy (non-hydrogen) atoms. The fourth-order valence-electron chi connectivity index (χ4n) is 3.12. The maximum atomic E-state index is 6.20. The Morgan fingerprint density at radius 1 is 1.14 bits per heavy atom. The molecule has 1 atom stereocenters. The van der Waals surface area contributed by atoms with Crippen LogP contribution in [0.2, 0.25) is 10.0 Å². The highest BCUT2D eigenvalue weighted by Crippen LogP contribution is 2.41. The van der Waals surface area contributed by atoms with Crippen molar-refractivity contribution < 1.29 is 0 Å². The molecule has 0 aliphatic carbocycles. The quantitative estimate of drug-likeness (QED) is 0.623. The van der Waals surface area contributed by atoms with Gasteiger partial charge in [0.25, 0.3) is 0 Å². The third-order valence-corrected chi connectivity index (χ3v) is 4.27. The lowest BCUT2D eigenvalue weighted by Gasteiger charge is -2.50. The predicted molar refractivity (Wildman–Crippen MR) is 93.1 cm³/mol. The summed E-state index contributed by atoms with van der Waals surface area (Å²) in [5.74, 6) is 0. The molecule has 0 N–H and O–H groups in total. The largest absolute Gasteiger partial charge is 0.291 e. The second-order valence-corrected chi connectivity index (χ2v) is 7.34. The van der Waals surface area contributed by atoms with Crippen molar-refractivity contribution in [2.75, 3.05) is 13.1 Å². The van der Waals surface area contributed by atoms with Crippen molar-refractivity contribution in [2.45, 2.75) is 33.7 Å². The van der Waals surface area contributed by atoms with E-state index in [4.69, 9.17) is 23.2 Å². The third-order valence-electron chi connectivity index (χ3n) is 3.84. The van der Waals surface area contributed by atoms with E-state index in [1.807, 2.05) is 19.1 Å². The Bertz CT molecular complexity index is 544. The maximum Gasteiger partial charge on any atom is 0.0599 e. The summed E-state index contributed by atoms with van der Waals surface area (Å²) in [6, 6.07) is 6.05. The zero-order chi connectivity index (χ0) is 15.6. The topological polar surface area (TPSA) is 3.24 Å². The standard InChI is InChI=1S/C18H23Cl2N/c1-5-7-13(6-2)17(21-11-18(3,4)12-21)14-8-15(19)10-16(20)9-14/h5-10,17H,11-12H2,1-4H3/b7-5-,13-6+/t17-/m1/s1. The van der Waals surface area contributed by atoms with Gasteiger partial charge in [0.15, 0.2) is 0 Å². The molecule has 0 amide bonds. The lowest BCUT2D eigenvalue weighted by atomic mass is 9.80. The molecule has 1 aromatic carbocycles. The van der Waals surface area contributed by atoms with Crippen molar-refractivity contribution in [1.82, 2.24) is 4.90 Å². The van der Waals surface area contributed by atoms with Gasteiger partial charge in [-0.25, -0.2) is 0 Å². The van der Waals surface area contributed by atoms with Gasteiger partial charge in [-0.3, -0.25) is 4.90 Å². The maximum absolute atomic E-state index is 6.20. The van der Waals surface area contributed by atoms with Gasteiger partial charge in [0, 0.05) is 23.1 Å². The van der Waals surface area contributed by atoms with Gasteiger partial charge in [-0.2, -0.15) is 0 Å². The van der Waals surface area contributed by atoms with Crippen LogP contribution in [0.1, 0.15) is 39.3 Å². The normalized spacial score (nSPS) is 20.6. The predicted octanol–water partition coefficient (Wildman–Crippen LogP) is 5.90. The number of halogens is 2. The van der Waals surface area contributed by atoms with E-state index < -0.39 is 0 Å². The summed E-state index contributed by atoms with van der Waals surface area (Å²) in [4.78, 5) is 2.48. The molecule has 1 fully saturated rings. The van der Waals surface area contributed by atoms with Crippen LogP contribution in [0.3, 0.4) is 0 Å². The molecule has 1 nitrogen and oxygen atoms in total. The summed E-state index contributed by atoms with van der Waals surface area (Å²) >= 11 is 12.4. The molecule has 0 spiro atoms. The van der Waals surface area contributed by atoms with Crippen molar-refractivity contribution >= 4 is 23.2 Å². The van der Waals surface area contributed by atoms with Crippen molar-refractivity contribution in [1.29, 1.82) is 0 Å². The Hall–Kier alpha value is -0.760. The van der Waals surface area contributed by atoms with Crippen LogP contribution in [0, 0.1) is 5.41 Å². The number of hydrogen-bond donors (Lipinski definition) is 0. The highest BCUT2D eigenvalue weighted by Gasteiger charge is 2.39. The number of benzene rings is 1. The summed E-state index contributed by atoms with van der Waals surface area (Å²) in [5.41, 5.74) is 2.83. The summed E-state index contributed by atoms with van der Waals surface area (Å²) < 4.78 is 0. The van der Waals surface area contributed by atoms with Crippen molar-refractivity contribution in [3.05, 3.63) is 57.6 Å². The Kier molecular flexibility index (Phi) is 5.19. The van der Waals surface area contributed by atoms with E-state index in [0.29, 0.717) is 15.5 Å². The average molecular weight is 324 g/mol. The minimum atomic E-state index is 0.218. The van der Waals surface area contributed by atoms with Crippen LogP contribution in [0.15, 0.2) is 42.0 Å². The van der Waals surface area contributed by atoms with Gasteiger partial charge in [0.1, 0.15) is 0 Å². The van der Waals surface area contributed by atoms with Gasteiger partial charge in [-0.05, 0) is 48.6 Å². The monoisotopic (exact) mass is 323 g/mol. The van der Waals surface area contributed by atoms with Gasteiger partial charge in [0.05, 0.1) is 6.04 Å². The lowest BCUT2D eigenvalue weighted by molar-refractivity contribution is 0.00566. The average Bonchev–Trinajstić information content (AvgIpc) is 2.34. The first-order chi connectivity index (χ1) is 9.86. The number of hydrogen-bond acceptors (Lipinski definition) is 1. The van der Waals surface area contributed by atoms with Gasteiger partial charge < -0.3 is 0 Å². The van der Waals surface area contributed by atoms with Gasteiger partial charge in [-0.15, -0.1) is 0 Å². The first-order valence-electron chi connectivity index (χ1n) is 7.35. The number of nitrogens with zero attached hydrogens (tertiary/aromatic N) is 1. The third kappa shape index (κ3) is 3.91. The summed E-state index contributed by atoms with van der Waals surface area (Å²) in [7, 11) is 0. The molecule has 0 bridgehead atoms. The SMILES string of the molecule is C/C=C\C(=C/C)[C@H](c1cc(Cl)cc(Cl)c1)N1CC(C)(C)C1. The van der Waals surface area contributed by atoms with Crippen LogP contribution >= 0.6 is 23.2 Å². The van der Waals surface area contributed by atoms with E-state index in [1.54, 1.807) is 6.07 Å². The van der Waals surface area contributed by atoms with Crippen LogP contribution in [0.5, 0.6) is 0 Å². The first-order valence-corrected chi connectivity index (χ1v) is 8.11. The van der Waals surface area contributed by atoms with E-state index in [9.17, 15) is 0 Å². The van der Waals surface area contributed by atoms with Crippen molar-refractivity contribution in [3.8, 4) is 0 Å². The lowest BCUT2D eigenvalue weighted by Crippen LogP contribution is -2.54. The van der Waals surface area contributed by atoms with Gasteiger partial charge in [-0.1, -0.05) is 55.3 Å². The summed E-state index contributed by atoms with van der Waals surface area (Å²) in [5, 5.41) is 1.39. The molecule has 0 aromatic heterocycles.